The van der Waals surface area contributed by atoms with Crippen LogP contribution in [0.3, 0.4) is 0 Å². The zero-order valence-corrected chi connectivity index (χ0v) is 18.5. The number of guanidine groups is 1. The van der Waals surface area contributed by atoms with Gasteiger partial charge < -0.3 is 15.2 Å². The first-order valence-electron chi connectivity index (χ1n) is 9.16. The molecule has 0 aliphatic heterocycles. The fourth-order valence-electron chi connectivity index (χ4n) is 2.73. The van der Waals surface area contributed by atoms with Crippen molar-refractivity contribution >= 4 is 29.9 Å². The number of hydrogen-bond acceptors (Lipinski definition) is 4. The fourth-order valence-corrected chi connectivity index (χ4v) is 2.73. The lowest BCUT2D eigenvalue weighted by Gasteiger charge is -2.10. The van der Waals surface area contributed by atoms with Gasteiger partial charge in [0.15, 0.2) is 11.7 Å². The van der Waals surface area contributed by atoms with Crippen LogP contribution in [-0.4, -0.2) is 17.7 Å². The molecule has 1 aromatic heterocycles. The number of nitriles is 1. The topological polar surface area (TPSA) is 86.2 Å². The molecule has 6 nitrogen and oxygen atoms in total. The normalized spacial score (nSPS) is 11.0. The number of halogens is 1. The number of nitrogens with one attached hydrogen (secondary N) is 2. The molecule has 27 heavy (non-hydrogen) atoms. The molecule has 0 saturated carbocycles. The Kier molecular flexibility index (Phi) is 10.5. The van der Waals surface area contributed by atoms with E-state index in [-0.39, 0.29) is 24.0 Å². The van der Waals surface area contributed by atoms with Crippen molar-refractivity contribution in [2.24, 2.45) is 4.99 Å². The summed E-state index contributed by atoms with van der Waals surface area (Å²) >= 11 is 0. The minimum atomic E-state index is 0. The highest BCUT2D eigenvalue weighted by atomic mass is 127. The molecule has 0 aliphatic carbocycles. The Morgan fingerprint density at radius 1 is 1.22 bits per heavy atom. The monoisotopic (exact) mass is 481 g/mol. The van der Waals surface area contributed by atoms with Gasteiger partial charge in [0.1, 0.15) is 0 Å². The van der Waals surface area contributed by atoms with E-state index in [1.54, 1.807) is 6.07 Å². The van der Waals surface area contributed by atoms with Crippen molar-refractivity contribution in [3.63, 3.8) is 0 Å². The number of aliphatic imine (C=N–C) groups is 1. The average molecular weight is 481 g/mol. The van der Waals surface area contributed by atoms with Gasteiger partial charge in [0.25, 0.3) is 0 Å². The number of rotatable bonds is 8. The maximum Gasteiger partial charge on any atom is 0.191 e. The van der Waals surface area contributed by atoms with Crippen LogP contribution in [0.25, 0.3) is 0 Å². The van der Waals surface area contributed by atoms with Crippen molar-refractivity contribution in [2.75, 3.05) is 6.54 Å². The number of benzene rings is 1. The molecular formula is C20H28IN5O. The van der Waals surface area contributed by atoms with E-state index in [9.17, 15) is 0 Å². The summed E-state index contributed by atoms with van der Waals surface area (Å²) in [4.78, 5) is 4.57. The standard InChI is InChI=1S/C20H27N5O.HI/c1-4-17(5-2)19-11-18(26-25-19)14-24-20(22-6-3)23-13-16-9-7-8-15(10-16)12-21;/h7-11,17H,4-6,13-14H2,1-3H3,(H2,22,23,24);1H. The van der Waals surface area contributed by atoms with E-state index in [0.29, 0.717) is 30.5 Å². The molecule has 7 heteroatoms. The summed E-state index contributed by atoms with van der Waals surface area (Å²) in [6.45, 7) is 8.14. The van der Waals surface area contributed by atoms with E-state index in [1.807, 2.05) is 31.2 Å². The van der Waals surface area contributed by atoms with E-state index < -0.39 is 0 Å². The summed E-state index contributed by atoms with van der Waals surface area (Å²) < 4.78 is 5.44. The van der Waals surface area contributed by atoms with Crippen LogP contribution in [0.15, 0.2) is 39.8 Å². The molecule has 0 atom stereocenters. The van der Waals surface area contributed by atoms with Crippen LogP contribution in [-0.2, 0) is 13.1 Å². The van der Waals surface area contributed by atoms with Gasteiger partial charge in [-0.2, -0.15) is 5.26 Å². The summed E-state index contributed by atoms with van der Waals surface area (Å²) in [6, 6.07) is 11.6. The minimum Gasteiger partial charge on any atom is -0.359 e. The van der Waals surface area contributed by atoms with Gasteiger partial charge >= 0.3 is 0 Å². The Labute approximate surface area is 178 Å². The smallest absolute Gasteiger partial charge is 0.191 e. The lowest BCUT2D eigenvalue weighted by molar-refractivity contribution is 0.368. The van der Waals surface area contributed by atoms with Gasteiger partial charge in [-0.05, 0) is 37.5 Å². The molecule has 0 amide bonds. The van der Waals surface area contributed by atoms with Gasteiger partial charge in [0.05, 0.1) is 30.4 Å². The lowest BCUT2D eigenvalue weighted by atomic mass is 9.99. The number of nitrogens with zero attached hydrogens (tertiary/aromatic N) is 3. The van der Waals surface area contributed by atoms with Crippen molar-refractivity contribution in [2.45, 2.75) is 52.6 Å². The summed E-state index contributed by atoms with van der Waals surface area (Å²) in [5, 5.41) is 19.7. The molecule has 1 aromatic carbocycles. The quantitative estimate of drug-likeness (QED) is 0.333. The molecule has 0 bridgehead atoms. The number of hydrogen-bond donors (Lipinski definition) is 2. The highest BCUT2D eigenvalue weighted by molar-refractivity contribution is 14.0. The summed E-state index contributed by atoms with van der Waals surface area (Å²) in [5.74, 6) is 1.95. The van der Waals surface area contributed by atoms with Crippen LogP contribution in [0.4, 0.5) is 0 Å². The second kappa shape index (κ2) is 12.3. The maximum absolute atomic E-state index is 8.98. The van der Waals surface area contributed by atoms with Crippen LogP contribution in [0, 0.1) is 11.3 Å². The van der Waals surface area contributed by atoms with Gasteiger partial charge in [0, 0.05) is 18.5 Å². The van der Waals surface area contributed by atoms with Gasteiger partial charge in [-0.1, -0.05) is 31.1 Å². The molecule has 1 heterocycles. The maximum atomic E-state index is 8.98. The predicted molar refractivity (Wildman–Crippen MR) is 118 cm³/mol. The lowest BCUT2D eigenvalue weighted by Crippen LogP contribution is -2.36. The molecule has 2 rings (SSSR count). The molecule has 2 N–H and O–H groups in total. The summed E-state index contributed by atoms with van der Waals surface area (Å²) in [6.07, 6.45) is 2.11. The fraction of sp³-hybridized carbons (Fsp3) is 0.450. The van der Waals surface area contributed by atoms with E-state index in [0.717, 1.165) is 36.4 Å². The Balaban J connectivity index is 0.00000364. The molecular weight excluding hydrogens is 453 g/mol. The molecule has 0 radical (unpaired) electrons. The molecule has 146 valence electrons. The first-order chi connectivity index (χ1) is 12.7. The minimum absolute atomic E-state index is 0. The molecule has 0 aliphatic rings. The van der Waals surface area contributed by atoms with Crippen molar-refractivity contribution in [1.82, 2.24) is 15.8 Å². The van der Waals surface area contributed by atoms with E-state index in [4.69, 9.17) is 9.78 Å². The second-order valence-corrected chi connectivity index (χ2v) is 6.09. The highest BCUT2D eigenvalue weighted by Crippen LogP contribution is 2.22. The second-order valence-electron chi connectivity index (χ2n) is 6.09. The number of aromatic nitrogens is 1. The molecule has 0 unspecified atom stereocenters. The van der Waals surface area contributed by atoms with Gasteiger partial charge in [0.2, 0.25) is 0 Å². The predicted octanol–water partition coefficient (Wildman–Crippen LogP) is 4.32. The Morgan fingerprint density at radius 3 is 2.67 bits per heavy atom. The Hall–Kier alpha value is -2.08. The van der Waals surface area contributed by atoms with Crippen LogP contribution >= 0.6 is 24.0 Å². The molecule has 0 fully saturated rings. The van der Waals surface area contributed by atoms with Crippen molar-refractivity contribution in [3.05, 3.63) is 52.9 Å². The van der Waals surface area contributed by atoms with Crippen molar-refractivity contribution in [3.8, 4) is 6.07 Å². The largest absolute Gasteiger partial charge is 0.359 e. The van der Waals surface area contributed by atoms with E-state index in [1.165, 1.54) is 0 Å². The third kappa shape index (κ3) is 7.21. The van der Waals surface area contributed by atoms with Crippen LogP contribution in [0.1, 0.15) is 62.1 Å². The van der Waals surface area contributed by atoms with Gasteiger partial charge in [-0.25, -0.2) is 4.99 Å². The molecule has 0 spiro atoms. The van der Waals surface area contributed by atoms with Crippen LogP contribution < -0.4 is 10.6 Å². The Morgan fingerprint density at radius 2 is 2.00 bits per heavy atom. The first kappa shape index (κ1) is 23.0. The summed E-state index contributed by atoms with van der Waals surface area (Å²) in [5.41, 5.74) is 2.66. The van der Waals surface area contributed by atoms with Crippen LogP contribution in [0.2, 0.25) is 0 Å². The third-order valence-corrected chi connectivity index (χ3v) is 4.23. The molecule has 0 saturated heterocycles. The van der Waals surface area contributed by atoms with E-state index in [2.05, 4.69) is 40.7 Å². The van der Waals surface area contributed by atoms with E-state index >= 15 is 0 Å². The highest BCUT2D eigenvalue weighted by Gasteiger charge is 2.13. The zero-order chi connectivity index (χ0) is 18.8. The first-order valence-corrected chi connectivity index (χ1v) is 9.16. The van der Waals surface area contributed by atoms with Crippen molar-refractivity contribution < 1.29 is 4.52 Å². The van der Waals surface area contributed by atoms with Crippen molar-refractivity contribution in [1.29, 1.82) is 5.26 Å². The zero-order valence-electron chi connectivity index (χ0n) is 16.2. The Bertz CT molecular complexity index is 762. The summed E-state index contributed by atoms with van der Waals surface area (Å²) in [7, 11) is 0. The van der Waals surface area contributed by atoms with Gasteiger partial charge in [-0.3, -0.25) is 0 Å². The van der Waals surface area contributed by atoms with Gasteiger partial charge in [-0.15, -0.1) is 24.0 Å². The van der Waals surface area contributed by atoms with Crippen LogP contribution in [0.5, 0.6) is 0 Å². The third-order valence-electron chi connectivity index (χ3n) is 4.23. The SMILES string of the molecule is CCNC(=NCc1cccc(C#N)c1)NCc1cc(C(CC)CC)no1.I. The average Bonchev–Trinajstić information content (AvgIpc) is 3.14. The molecule has 2 aromatic rings.